The lowest BCUT2D eigenvalue weighted by atomic mass is 9.95. The van der Waals surface area contributed by atoms with Crippen molar-refractivity contribution in [3.63, 3.8) is 0 Å². The van der Waals surface area contributed by atoms with Gasteiger partial charge in [-0.1, -0.05) is 17.3 Å². The van der Waals surface area contributed by atoms with E-state index < -0.39 is 0 Å². The monoisotopic (exact) mass is 349 g/mol. The topological polar surface area (TPSA) is 86.5 Å². The van der Waals surface area contributed by atoms with Gasteiger partial charge >= 0.3 is 0 Å². The van der Waals surface area contributed by atoms with E-state index in [1.54, 1.807) is 18.9 Å². The minimum atomic E-state index is -0.252. The van der Waals surface area contributed by atoms with Crippen LogP contribution in [0.25, 0.3) is 0 Å². The Morgan fingerprint density at radius 2 is 2.38 bits per heavy atom. The van der Waals surface area contributed by atoms with E-state index in [1.807, 2.05) is 24.5 Å². The number of methoxy groups -OCH3 is 1. The van der Waals surface area contributed by atoms with Crippen LogP contribution in [0.3, 0.4) is 0 Å². The van der Waals surface area contributed by atoms with Crippen molar-refractivity contribution in [3.05, 3.63) is 35.5 Å². The minimum Gasteiger partial charge on any atom is -0.493 e. The molecule has 128 valence electrons. The van der Waals surface area contributed by atoms with Gasteiger partial charge in [0.1, 0.15) is 6.61 Å². The lowest BCUT2D eigenvalue weighted by Gasteiger charge is -2.25. The number of aromatic nitrogens is 2. The van der Waals surface area contributed by atoms with E-state index in [9.17, 15) is 4.79 Å². The van der Waals surface area contributed by atoms with E-state index in [4.69, 9.17) is 14.0 Å². The van der Waals surface area contributed by atoms with E-state index in [2.05, 4.69) is 15.5 Å². The van der Waals surface area contributed by atoms with Gasteiger partial charge in [0.25, 0.3) is 0 Å². The smallest absolute Gasteiger partial charge is 0.246 e. The average Bonchev–Trinajstić information content (AvgIpc) is 3.06. The lowest BCUT2D eigenvalue weighted by molar-refractivity contribution is -0.126. The molecule has 2 heterocycles. The van der Waals surface area contributed by atoms with Crippen LogP contribution in [0.5, 0.6) is 11.5 Å². The number of carbonyl (C=O) groups excluding carboxylic acids is 1. The minimum absolute atomic E-state index is 0.0897. The zero-order valence-corrected chi connectivity index (χ0v) is 14.4. The Morgan fingerprint density at radius 1 is 1.50 bits per heavy atom. The zero-order valence-electron chi connectivity index (χ0n) is 13.6. The molecule has 1 N–H and O–H groups in total. The Kier molecular flexibility index (Phi) is 5.24. The lowest BCUT2D eigenvalue weighted by Crippen LogP contribution is -2.37. The van der Waals surface area contributed by atoms with Crippen molar-refractivity contribution in [1.29, 1.82) is 0 Å². The highest BCUT2D eigenvalue weighted by Gasteiger charge is 2.28. The molecule has 0 saturated carbocycles. The fourth-order valence-corrected chi connectivity index (χ4v) is 2.96. The number of nitrogens with one attached hydrogen (secondary N) is 1. The van der Waals surface area contributed by atoms with Crippen molar-refractivity contribution in [3.8, 4) is 11.5 Å². The van der Waals surface area contributed by atoms with Crippen LogP contribution >= 0.6 is 11.8 Å². The van der Waals surface area contributed by atoms with E-state index >= 15 is 0 Å². The maximum absolute atomic E-state index is 12.4. The van der Waals surface area contributed by atoms with Gasteiger partial charge in [-0.15, -0.1) is 0 Å². The molecule has 1 aliphatic rings. The first-order valence-corrected chi connectivity index (χ1v) is 8.97. The fourth-order valence-electron chi connectivity index (χ4n) is 2.58. The van der Waals surface area contributed by atoms with E-state index in [-0.39, 0.29) is 18.4 Å². The summed E-state index contributed by atoms with van der Waals surface area (Å²) in [5, 5.41) is 6.68. The summed E-state index contributed by atoms with van der Waals surface area (Å²) in [4.78, 5) is 16.6. The maximum Gasteiger partial charge on any atom is 0.246 e. The number of benzene rings is 1. The molecule has 0 aliphatic carbocycles. The fraction of sp³-hybridized carbons (Fsp3) is 0.438. The van der Waals surface area contributed by atoms with Crippen LogP contribution in [-0.2, 0) is 23.5 Å². The third-order valence-corrected chi connectivity index (χ3v) is 4.29. The van der Waals surface area contributed by atoms with Crippen LogP contribution in [0.2, 0.25) is 0 Å². The second kappa shape index (κ2) is 7.57. The summed E-state index contributed by atoms with van der Waals surface area (Å²) in [7, 11) is 1.60. The molecule has 1 atom stereocenters. The summed E-state index contributed by atoms with van der Waals surface area (Å²) in [6, 6.07) is 5.69. The molecule has 0 saturated heterocycles. The molecule has 1 aromatic carbocycles. The van der Waals surface area contributed by atoms with Crippen molar-refractivity contribution >= 4 is 17.7 Å². The summed E-state index contributed by atoms with van der Waals surface area (Å²) >= 11 is 1.61. The number of rotatable bonds is 6. The largest absolute Gasteiger partial charge is 0.493 e. The molecule has 1 amide bonds. The quantitative estimate of drug-likeness (QED) is 0.851. The highest BCUT2D eigenvalue weighted by Crippen LogP contribution is 2.36. The second-order valence-electron chi connectivity index (χ2n) is 5.42. The van der Waals surface area contributed by atoms with Crippen molar-refractivity contribution in [2.24, 2.45) is 5.92 Å². The van der Waals surface area contributed by atoms with Gasteiger partial charge in [0, 0.05) is 0 Å². The van der Waals surface area contributed by atoms with Crippen LogP contribution in [0.15, 0.2) is 22.7 Å². The number of hydrogen-bond acceptors (Lipinski definition) is 7. The van der Waals surface area contributed by atoms with Crippen LogP contribution in [0, 0.1) is 5.92 Å². The first-order chi connectivity index (χ1) is 11.7. The Balaban J connectivity index is 1.57. The number of ether oxygens (including phenoxy) is 2. The van der Waals surface area contributed by atoms with Crippen LogP contribution in [-0.4, -0.2) is 36.0 Å². The van der Waals surface area contributed by atoms with Gasteiger partial charge in [0.15, 0.2) is 17.3 Å². The van der Waals surface area contributed by atoms with Crippen molar-refractivity contribution < 1.29 is 18.8 Å². The number of amides is 1. The van der Waals surface area contributed by atoms with Crippen molar-refractivity contribution in [2.45, 2.75) is 18.7 Å². The maximum atomic E-state index is 12.4. The summed E-state index contributed by atoms with van der Waals surface area (Å²) in [5.41, 5.74) is 0.973. The molecule has 8 heteroatoms. The van der Waals surface area contributed by atoms with Crippen LogP contribution in [0.1, 0.15) is 17.3 Å². The Bertz CT molecular complexity index is 719. The zero-order chi connectivity index (χ0) is 16.9. The summed E-state index contributed by atoms with van der Waals surface area (Å²) in [5.74, 6) is 2.81. The summed E-state index contributed by atoms with van der Waals surface area (Å²) in [6.45, 7) is 0.544. The Hall–Kier alpha value is -2.22. The Labute approximate surface area is 144 Å². The standard InChI is InChI=1S/C16H19N3O4S/c1-21-12-5-3-4-10-6-11(8-22-15(10)12)16(20)17-7-14-18-13(9-24-2)19-23-14/h3-5,11H,6-9H2,1-2H3,(H,17,20). The molecule has 2 aromatic rings. The number of carbonyl (C=O) groups is 1. The molecule has 1 unspecified atom stereocenters. The number of para-hydroxylation sites is 1. The highest BCUT2D eigenvalue weighted by atomic mass is 32.2. The van der Waals surface area contributed by atoms with Gasteiger partial charge in [0.05, 0.1) is 25.3 Å². The van der Waals surface area contributed by atoms with E-state index in [0.29, 0.717) is 36.2 Å². The molecule has 0 radical (unpaired) electrons. The third kappa shape index (κ3) is 3.64. The summed E-state index contributed by atoms with van der Waals surface area (Å²) in [6.07, 6.45) is 2.58. The molecule has 0 fully saturated rings. The molecular formula is C16H19N3O4S. The van der Waals surface area contributed by atoms with Gasteiger partial charge in [0.2, 0.25) is 11.8 Å². The molecular weight excluding hydrogens is 330 g/mol. The number of fused-ring (bicyclic) bond motifs is 1. The SMILES string of the molecule is COc1cccc2c1OCC(C(=O)NCc1nc(CSC)no1)C2. The molecule has 3 rings (SSSR count). The first kappa shape index (κ1) is 16.6. The second-order valence-corrected chi connectivity index (χ2v) is 6.28. The van der Waals surface area contributed by atoms with E-state index in [1.165, 1.54) is 0 Å². The predicted molar refractivity (Wildman–Crippen MR) is 89.0 cm³/mol. The summed E-state index contributed by atoms with van der Waals surface area (Å²) < 4.78 is 16.1. The predicted octanol–water partition coefficient (Wildman–Crippen LogP) is 1.81. The molecule has 1 aromatic heterocycles. The number of hydrogen-bond donors (Lipinski definition) is 1. The van der Waals surface area contributed by atoms with Gasteiger partial charge in [-0.05, 0) is 24.3 Å². The number of nitrogens with zero attached hydrogens (tertiary/aromatic N) is 2. The third-order valence-electron chi connectivity index (χ3n) is 3.74. The van der Waals surface area contributed by atoms with Gasteiger partial charge in [-0.3, -0.25) is 4.79 Å². The van der Waals surface area contributed by atoms with Crippen molar-refractivity contribution in [1.82, 2.24) is 15.5 Å². The molecule has 24 heavy (non-hydrogen) atoms. The van der Waals surface area contributed by atoms with E-state index in [0.717, 1.165) is 11.3 Å². The van der Waals surface area contributed by atoms with Gasteiger partial charge in [-0.25, -0.2) is 0 Å². The van der Waals surface area contributed by atoms with Crippen LogP contribution < -0.4 is 14.8 Å². The molecule has 0 spiro atoms. The van der Waals surface area contributed by atoms with Gasteiger partial charge < -0.3 is 19.3 Å². The Morgan fingerprint density at radius 3 is 3.17 bits per heavy atom. The average molecular weight is 349 g/mol. The molecule has 1 aliphatic heterocycles. The molecule has 7 nitrogen and oxygen atoms in total. The number of thioether (sulfide) groups is 1. The van der Waals surface area contributed by atoms with Crippen LogP contribution in [0.4, 0.5) is 0 Å². The normalized spacial score (nSPS) is 16.2. The first-order valence-electron chi connectivity index (χ1n) is 7.58. The molecule has 0 bridgehead atoms. The van der Waals surface area contributed by atoms with Gasteiger partial charge in [-0.2, -0.15) is 16.7 Å². The highest BCUT2D eigenvalue weighted by molar-refractivity contribution is 7.97. The van der Waals surface area contributed by atoms with Crippen molar-refractivity contribution in [2.75, 3.05) is 20.0 Å².